The van der Waals surface area contributed by atoms with Crippen LogP contribution in [0.5, 0.6) is 0 Å². The predicted molar refractivity (Wildman–Crippen MR) is 97.9 cm³/mol. The first-order valence-electron chi connectivity index (χ1n) is 7.86. The molecule has 2 aromatic heterocycles. The van der Waals surface area contributed by atoms with Gasteiger partial charge in [-0.25, -0.2) is 4.98 Å². The third kappa shape index (κ3) is 3.02. The predicted octanol–water partition coefficient (Wildman–Crippen LogP) is 4.40. The van der Waals surface area contributed by atoms with Crippen LogP contribution in [0.2, 0.25) is 5.02 Å². The maximum Gasteiger partial charge on any atom is 0.230 e. The molecule has 0 aliphatic heterocycles. The van der Waals surface area contributed by atoms with Crippen molar-refractivity contribution in [3.8, 4) is 0 Å². The van der Waals surface area contributed by atoms with Gasteiger partial charge in [0.2, 0.25) is 5.91 Å². The van der Waals surface area contributed by atoms with E-state index in [2.05, 4.69) is 10.3 Å². The number of rotatable bonds is 3. The molecule has 0 saturated heterocycles. The Morgan fingerprint density at radius 2 is 1.96 bits per heavy atom. The van der Waals surface area contributed by atoms with E-state index in [4.69, 9.17) is 11.6 Å². The van der Waals surface area contributed by atoms with Crippen LogP contribution in [0.1, 0.15) is 28.1 Å². The Morgan fingerprint density at radius 3 is 2.67 bits per heavy atom. The molecule has 5 heteroatoms. The number of hydrogen-bond acceptors (Lipinski definition) is 2. The molecule has 0 spiro atoms. The van der Waals surface area contributed by atoms with E-state index in [1.165, 1.54) is 0 Å². The van der Waals surface area contributed by atoms with Crippen molar-refractivity contribution in [1.29, 1.82) is 0 Å². The Kier molecular flexibility index (Phi) is 4.33. The molecule has 0 aliphatic rings. The van der Waals surface area contributed by atoms with Gasteiger partial charge in [-0.15, -0.1) is 0 Å². The first kappa shape index (κ1) is 16.5. The number of hydrogen-bond donors (Lipinski definition) is 1. The number of benzene rings is 1. The molecule has 3 aromatic rings. The summed E-state index contributed by atoms with van der Waals surface area (Å²) in [5, 5.41) is 3.50. The molecule has 4 nitrogen and oxygen atoms in total. The van der Waals surface area contributed by atoms with E-state index < -0.39 is 0 Å². The molecule has 0 fully saturated rings. The smallest absolute Gasteiger partial charge is 0.230 e. The number of aryl methyl sites for hydroxylation is 4. The van der Waals surface area contributed by atoms with E-state index in [1.807, 2.05) is 62.6 Å². The molecular formula is C19H20ClN3O. The summed E-state index contributed by atoms with van der Waals surface area (Å²) >= 11 is 6.28. The first-order chi connectivity index (χ1) is 11.4. The number of anilines is 1. The highest BCUT2D eigenvalue weighted by molar-refractivity contribution is 6.34. The Labute approximate surface area is 146 Å². The summed E-state index contributed by atoms with van der Waals surface area (Å²) in [6, 6.07) is 7.84. The highest BCUT2D eigenvalue weighted by atomic mass is 35.5. The molecule has 2 heterocycles. The van der Waals surface area contributed by atoms with Gasteiger partial charge >= 0.3 is 0 Å². The lowest BCUT2D eigenvalue weighted by Crippen LogP contribution is -2.17. The zero-order valence-corrected chi connectivity index (χ0v) is 15.0. The Hall–Kier alpha value is -2.33. The summed E-state index contributed by atoms with van der Waals surface area (Å²) in [5.74, 6) is -0.102. The lowest BCUT2D eigenvalue weighted by atomic mass is 10.1. The van der Waals surface area contributed by atoms with Gasteiger partial charge < -0.3 is 9.72 Å². The summed E-state index contributed by atoms with van der Waals surface area (Å²) in [6.07, 6.45) is 2.19. The normalized spacial score (nSPS) is 11.0. The largest absolute Gasteiger partial charge is 0.324 e. The number of fused-ring (bicyclic) bond motifs is 1. The fraction of sp³-hybridized carbons (Fsp3) is 0.263. The number of carbonyl (C=O) groups is 1. The molecule has 1 aromatic carbocycles. The van der Waals surface area contributed by atoms with Crippen LogP contribution in [-0.4, -0.2) is 15.3 Å². The van der Waals surface area contributed by atoms with Crippen molar-refractivity contribution in [1.82, 2.24) is 9.38 Å². The Balaban J connectivity index is 1.89. The Morgan fingerprint density at radius 1 is 1.21 bits per heavy atom. The van der Waals surface area contributed by atoms with Gasteiger partial charge in [0.15, 0.2) is 0 Å². The number of aromatic nitrogens is 2. The van der Waals surface area contributed by atoms with E-state index in [0.29, 0.717) is 10.7 Å². The van der Waals surface area contributed by atoms with Crippen LogP contribution in [0, 0.1) is 27.7 Å². The molecule has 0 unspecified atom stereocenters. The zero-order chi connectivity index (χ0) is 17.4. The minimum Gasteiger partial charge on any atom is -0.324 e. The average Bonchev–Trinajstić information content (AvgIpc) is 2.81. The fourth-order valence-corrected chi connectivity index (χ4v) is 3.36. The van der Waals surface area contributed by atoms with Crippen LogP contribution < -0.4 is 5.32 Å². The monoisotopic (exact) mass is 341 g/mol. The topological polar surface area (TPSA) is 46.4 Å². The van der Waals surface area contributed by atoms with E-state index in [0.717, 1.165) is 33.7 Å². The average molecular weight is 342 g/mol. The van der Waals surface area contributed by atoms with Crippen LogP contribution in [0.25, 0.3) is 5.65 Å². The zero-order valence-electron chi connectivity index (χ0n) is 14.3. The van der Waals surface area contributed by atoms with Crippen LogP contribution in [0.4, 0.5) is 5.69 Å². The third-order valence-electron chi connectivity index (χ3n) is 4.17. The van der Waals surface area contributed by atoms with Gasteiger partial charge in [0.05, 0.1) is 28.5 Å². The highest BCUT2D eigenvalue weighted by Gasteiger charge is 2.15. The lowest BCUT2D eigenvalue weighted by Gasteiger charge is -2.12. The summed E-state index contributed by atoms with van der Waals surface area (Å²) in [6.45, 7) is 7.87. The van der Waals surface area contributed by atoms with Gasteiger partial charge in [-0.2, -0.15) is 0 Å². The number of nitrogens with zero attached hydrogens (tertiary/aromatic N) is 2. The Bertz CT molecular complexity index is 920. The minimum absolute atomic E-state index is 0.102. The molecule has 0 aliphatic carbocycles. The number of carbonyl (C=O) groups excluding carboxylic acids is 1. The second kappa shape index (κ2) is 6.29. The van der Waals surface area contributed by atoms with Crippen molar-refractivity contribution >= 4 is 28.8 Å². The molecule has 1 amide bonds. The number of halogens is 1. The van der Waals surface area contributed by atoms with Crippen molar-refractivity contribution in [3.63, 3.8) is 0 Å². The maximum absolute atomic E-state index is 12.5. The second-order valence-electron chi connectivity index (χ2n) is 6.19. The molecule has 0 radical (unpaired) electrons. The number of amides is 1. The van der Waals surface area contributed by atoms with E-state index in [9.17, 15) is 4.79 Å². The van der Waals surface area contributed by atoms with Gasteiger partial charge in [-0.1, -0.05) is 23.7 Å². The summed E-state index contributed by atoms with van der Waals surface area (Å²) in [7, 11) is 0. The quantitative estimate of drug-likeness (QED) is 0.767. The molecule has 0 bridgehead atoms. The minimum atomic E-state index is -0.102. The standard InChI is InChI=1S/C19H20ClN3O/c1-11-8-13(3)18(15(20)9-11)22-17(24)10-16-14(4)21-19-12(2)6-5-7-23(16)19/h5-9H,10H2,1-4H3,(H,22,24). The van der Waals surface area contributed by atoms with E-state index in [-0.39, 0.29) is 12.3 Å². The first-order valence-corrected chi connectivity index (χ1v) is 8.24. The molecule has 1 N–H and O–H groups in total. The SMILES string of the molecule is Cc1cc(C)c(NC(=O)Cc2c(C)nc3c(C)cccn23)c(Cl)c1. The fourth-order valence-electron chi connectivity index (χ4n) is 2.99. The highest BCUT2D eigenvalue weighted by Crippen LogP contribution is 2.27. The van der Waals surface area contributed by atoms with Crippen LogP contribution in [0.3, 0.4) is 0 Å². The van der Waals surface area contributed by atoms with Crippen molar-refractivity contribution in [2.45, 2.75) is 34.1 Å². The van der Waals surface area contributed by atoms with Gasteiger partial charge in [-0.05, 0) is 56.5 Å². The van der Waals surface area contributed by atoms with Crippen molar-refractivity contribution in [3.05, 3.63) is 63.6 Å². The summed E-state index contributed by atoms with van der Waals surface area (Å²) in [4.78, 5) is 17.1. The van der Waals surface area contributed by atoms with Crippen LogP contribution in [0.15, 0.2) is 30.5 Å². The van der Waals surface area contributed by atoms with E-state index in [1.54, 1.807) is 0 Å². The van der Waals surface area contributed by atoms with Crippen LogP contribution >= 0.6 is 11.6 Å². The summed E-state index contributed by atoms with van der Waals surface area (Å²) in [5.41, 5.74) is 6.45. The molecule has 0 atom stereocenters. The molecule has 0 saturated carbocycles. The lowest BCUT2D eigenvalue weighted by molar-refractivity contribution is -0.115. The number of nitrogens with one attached hydrogen (secondary N) is 1. The van der Waals surface area contributed by atoms with Crippen molar-refractivity contribution in [2.75, 3.05) is 5.32 Å². The molecular weight excluding hydrogens is 322 g/mol. The molecule has 124 valence electrons. The number of pyridine rings is 1. The maximum atomic E-state index is 12.5. The van der Waals surface area contributed by atoms with Crippen molar-refractivity contribution < 1.29 is 4.79 Å². The second-order valence-corrected chi connectivity index (χ2v) is 6.60. The number of imidazole rings is 1. The van der Waals surface area contributed by atoms with Crippen LogP contribution in [-0.2, 0) is 11.2 Å². The van der Waals surface area contributed by atoms with Gasteiger partial charge in [0, 0.05) is 6.20 Å². The molecule has 24 heavy (non-hydrogen) atoms. The van der Waals surface area contributed by atoms with Gasteiger partial charge in [0.1, 0.15) is 5.65 Å². The summed E-state index contributed by atoms with van der Waals surface area (Å²) < 4.78 is 1.98. The van der Waals surface area contributed by atoms with Gasteiger partial charge in [0.25, 0.3) is 0 Å². The van der Waals surface area contributed by atoms with E-state index >= 15 is 0 Å². The van der Waals surface area contributed by atoms with Crippen molar-refractivity contribution in [2.24, 2.45) is 0 Å². The van der Waals surface area contributed by atoms with Gasteiger partial charge in [-0.3, -0.25) is 4.79 Å². The molecule has 3 rings (SSSR count). The third-order valence-corrected chi connectivity index (χ3v) is 4.47.